The number of Topliss-reactive ketones (excluding diaryl/α,β-unsaturated/α-hetero) is 1. The molecule has 106 valence electrons. The number of nitrogens with one attached hydrogen (secondary N) is 1. The Kier molecular flexibility index (Phi) is 3.72. The van der Waals surface area contributed by atoms with Gasteiger partial charge in [0.1, 0.15) is 5.76 Å². The highest BCUT2D eigenvalue weighted by molar-refractivity contribution is 6.00. The molecule has 0 radical (unpaired) electrons. The van der Waals surface area contributed by atoms with E-state index in [1.807, 2.05) is 27.1 Å². The van der Waals surface area contributed by atoms with Gasteiger partial charge in [0.25, 0.3) is 6.23 Å². The molecule has 0 bridgehead atoms. The molecular formula is C15H24NO3+. The van der Waals surface area contributed by atoms with Crippen molar-refractivity contribution in [2.45, 2.75) is 39.8 Å². The predicted octanol–water partition coefficient (Wildman–Crippen LogP) is 1.05. The first-order chi connectivity index (χ1) is 8.84. The van der Waals surface area contributed by atoms with E-state index in [2.05, 4.69) is 13.8 Å². The highest BCUT2D eigenvalue weighted by Gasteiger charge is 2.39. The highest BCUT2D eigenvalue weighted by Crippen LogP contribution is 2.40. The minimum absolute atomic E-state index is 0.0148. The number of allylic oxidation sites excluding steroid dienone is 3. The summed E-state index contributed by atoms with van der Waals surface area (Å²) in [4.78, 5) is 13.4. The summed E-state index contributed by atoms with van der Waals surface area (Å²) in [5, 5.41) is 0. The number of likely N-dealkylation sites (N-methyl/N-ethyl adjacent to an activating group) is 1. The Hall–Kier alpha value is -1.29. The van der Waals surface area contributed by atoms with Crippen molar-refractivity contribution in [1.29, 1.82) is 0 Å². The molecule has 0 amide bonds. The molecule has 1 aliphatic heterocycles. The quantitative estimate of drug-likeness (QED) is 0.830. The number of hydrogen-bond donors (Lipinski definition) is 1. The molecule has 4 heteroatoms. The van der Waals surface area contributed by atoms with Gasteiger partial charge in [-0.05, 0) is 12.3 Å². The van der Waals surface area contributed by atoms with E-state index >= 15 is 0 Å². The van der Waals surface area contributed by atoms with E-state index in [1.165, 1.54) is 0 Å². The SMILES string of the molecule is CCOC1=CC2=C(CC(C)(C)CC2=O)O[C@H]1[NH+](C)C. The van der Waals surface area contributed by atoms with Crippen LogP contribution in [0.3, 0.4) is 0 Å². The van der Waals surface area contributed by atoms with E-state index in [9.17, 15) is 4.79 Å². The van der Waals surface area contributed by atoms with Crippen molar-refractivity contribution in [2.75, 3.05) is 20.7 Å². The maximum absolute atomic E-state index is 12.2. The van der Waals surface area contributed by atoms with E-state index in [0.717, 1.165) is 22.8 Å². The van der Waals surface area contributed by atoms with E-state index in [0.29, 0.717) is 18.6 Å². The second-order valence-corrected chi connectivity index (χ2v) is 6.33. The van der Waals surface area contributed by atoms with E-state index in [-0.39, 0.29) is 17.4 Å². The molecule has 1 N–H and O–H groups in total. The molecule has 0 fully saturated rings. The van der Waals surface area contributed by atoms with Crippen LogP contribution in [0.25, 0.3) is 0 Å². The third-order valence-electron chi connectivity index (χ3n) is 3.52. The summed E-state index contributed by atoms with van der Waals surface area (Å²) in [5.41, 5.74) is 0.694. The van der Waals surface area contributed by atoms with Crippen molar-refractivity contribution in [3.05, 3.63) is 23.2 Å². The molecule has 0 saturated heterocycles. The van der Waals surface area contributed by atoms with Gasteiger partial charge in [-0.15, -0.1) is 0 Å². The van der Waals surface area contributed by atoms with Crippen molar-refractivity contribution in [1.82, 2.24) is 0 Å². The van der Waals surface area contributed by atoms with Gasteiger partial charge in [0.05, 0.1) is 26.3 Å². The second kappa shape index (κ2) is 5.00. The van der Waals surface area contributed by atoms with Gasteiger partial charge in [0.2, 0.25) is 0 Å². The van der Waals surface area contributed by atoms with Crippen LogP contribution in [0, 0.1) is 5.41 Å². The third-order valence-corrected chi connectivity index (χ3v) is 3.52. The summed E-state index contributed by atoms with van der Waals surface area (Å²) < 4.78 is 11.7. The van der Waals surface area contributed by atoms with E-state index in [4.69, 9.17) is 9.47 Å². The first-order valence-corrected chi connectivity index (χ1v) is 6.91. The zero-order valence-corrected chi connectivity index (χ0v) is 12.5. The van der Waals surface area contributed by atoms with Crippen molar-refractivity contribution >= 4 is 5.78 Å². The fraction of sp³-hybridized carbons (Fsp3) is 0.667. The van der Waals surface area contributed by atoms with Crippen LogP contribution in [0.15, 0.2) is 23.2 Å². The van der Waals surface area contributed by atoms with Gasteiger partial charge < -0.3 is 9.47 Å². The predicted molar refractivity (Wildman–Crippen MR) is 72.4 cm³/mol. The molecule has 2 rings (SSSR count). The Morgan fingerprint density at radius 1 is 1.42 bits per heavy atom. The molecule has 19 heavy (non-hydrogen) atoms. The summed E-state index contributed by atoms with van der Waals surface area (Å²) >= 11 is 0. The van der Waals surface area contributed by atoms with Gasteiger partial charge in [-0.2, -0.15) is 0 Å². The van der Waals surface area contributed by atoms with Crippen molar-refractivity contribution in [3.8, 4) is 0 Å². The van der Waals surface area contributed by atoms with Gasteiger partial charge in [-0.25, -0.2) is 0 Å². The fourth-order valence-electron chi connectivity index (χ4n) is 2.65. The molecule has 0 aromatic heterocycles. The van der Waals surface area contributed by atoms with Crippen LogP contribution < -0.4 is 4.90 Å². The summed E-state index contributed by atoms with van der Waals surface area (Å²) in [6.07, 6.45) is 3.12. The minimum atomic E-state index is -0.152. The largest absolute Gasteiger partial charge is 0.489 e. The molecule has 0 aromatic rings. The fourth-order valence-corrected chi connectivity index (χ4v) is 2.65. The molecule has 1 heterocycles. The average Bonchev–Trinajstić information content (AvgIpc) is 2.28. The van der Waals surface area contributed by atoms with Crippen LogP contribution in [0.4, 0.5) is 0 Å². The molecule has 0 saturated carbocycles. The van der Waals surface area contributed by atoms with Gasteiger partial charge in [-0.3, -0.25) is 9.69 Å². The number of carbonyl (C=O) groups excluding carboxylic acids is 1. The molecule has 1 atom stereocenters. The van der Waals surface area contributed by atoms with Crippen LogP contribution in [-0.4, -0.2) is 32.7 Å². The summed E-state index contributed by atoms with van der Waals surface area (Å²) in [6, 6.07) is 0. The molecule has 0 spiro atoms. The zero-order chi connectivity index (χ0) is 14.2. The molecular weight excluding hydrogens is 242 g/mol. The normalized spacial score (nSPS) is 25.9. The number of quaternary nitrogens is 1. The standard InChI is InChI=1S/C15H23NO3/c1-6-18-12-7-10-11(17)8-15(2,3)9-13(10)19-14(12)16(4)5/h7,14H,6,8-9H2,1-5H3/p+1/t14-/m1/s1. The van der Waals surface area contributed by atoms with Crippen molar-refractivity contribution in [2.24, 2.45) is 5.41 Å². The number of ketones is 1. The summed E-state index contributed by atoms with van der Waals surface area (Å²) in [6.45, 7) is 6.74. The van der Waals surface area contributed by atoms with Crippen LogP contribution in [0.5, 0.6) is 0 Å². The Labute approximate surface area is 115 Å². The lowest BCUT2D eigenvalue weighted by Gasteiger charge is -2.36. The van der Waals surface area contributed by atoms with Crippen LogP contribution in [0.1, 0.15) is 33.6 Å². The summed E-state index contributed by atoms with van der Waals surface area (Å²) in [7, 11) is 4.05. The van der Waals surface area contributed by atoms with Crippen molar-refractivity contribution in [3.63, 3.8) is 0 Å². The highest BCUT2D eigenvalue weighted by atomic mass is 16.6. The molecule has 0 aromatic carbocycles. The molecule has 0 unspecified atom stereocenters. The van der Waals surface area contributed by atoms with E-state index in [1.54, 1.807) is 0 Å². The molecule has 2 aliphatic rings. The summed E-state index contributed by atoms with van der Waals surface area (Å²) in [5.74, 6) is 1.75. The minimum Gasteiger partial charge on any atom is -0.489 e. The van der Waals surface area contributed by atoms with Crippen molar-refractivity contribution < 1.29 is 19.2 Å². The lowest BCUT2D eigenvalue weighted by Crippen LogP contribution is -3.10. The Balaban J connectivity index is 2.36. The first kappa shape index (κ1) is 14.1. The Bertz CT molecular complexity index is 446. The zero-order valence-electron chi connectivity index (χ0n) is 12.5. The third kappa shape index (κ3) is 2.84. The number of ether oxygens (including phenoxy) is 2. The lowest BCUT2D eigenvalue weighted by atomic mass is 9.76. The molecule has 4 nitrogen and oxygen atoms in total. The molecule has 1 aliphatic carbocycles. The van der Waals surface area contributed by atoms with Gasteiger partial charge in [0, 0.05) is 18.9 Å². The smallest absolute Gasteiger partial charge is 0.289 e. The van der Waals surface area contributed by atoms with Crippen LogP contribution >= 0.6 is 0 Å². The van der Waals surface area contributed by atoms with Gasteiger partial charge >= 0.3 is 0 Å². The van der Waals surface area contributed by atoms with Gasteiger partial charge in [0.15, 0.2) is 11.5 Å². The van der Waals surface area contributed by atoms with E-state index < -0.39 is 0 Å². The first-order valence-electron chi connectivity index (χ1n) is 6.91. The maximum atomic E-state index is 12.2. The average molecular weight is 266 g/mol. The number of carbonyl (C=O) groups is 1. The Morgan fingerprint density at radius 3 is 2.68 bits per heavy atom. The van der Waals surface area contributed by atoms with Crippen LogP contribution in [0.2, 0.25) is 0 Å². The van der Waals surface area contributed by atoms with Crippen LogP contribution in [-0.2, 0) is 14.3 Å². The lowest BCUT2D eigenvalue weighted by molar-refractivity contribution is -0.905. The monoisotopic (exact) mass is 266 g/mol. The number of hydrogen-bond acceptors (Lipinski definition) is 3. The van der Waals surface area contributed by atoms with Gasteiger partial charge in [-0.1, -0.05) is 13.8 Å². The number of rotatable bonds is 3. The topological polar surface area (TPSA) is 40.0 Å². The maximum Gasteiger partial charge on any atom is 0.289 e. The second-order valence-electron chi connectivity index (χ2n) is 6.33. The Morgan fingerprint density at radius 2 is 2.11 bits per heavy atom.